The van der Waals surface area contributed by atoms with Crippen LogP contribution in [-0.2, 0) is 54.1 Å². The number of hydrogen-bond donors (Lipinski definition) is 5. The Balaban J connectivity index is 2.53. The average Bonchev–Trinajstić information content (AvgIpc) is 3.04. The molecule has 0 bridgehead atoms. The monoisotopic (exact) mass is 705 g/mol. The molecule has 50 heavy (non-hydrogen) atoms. The SMILES string of the molecule is C=C(CC[C@]1(C(N)=O)O[C@H](C(=O)O)[C@@](O)(C(=O)O)[C@](COC(=O)/C=C/[C@@H](C)C[C@@H](C)CC)(C(=O)O)O1)[C@@H](OC(C)=O)[C@H](C)Cc1ccccc1. The van der Waals surface area contributed by atoms with Crippen molar-refractivity contribution in [2.75, 3.05) is 6.61 Å². The first-order chi connectivity index (χ1) is 23.3. The first-order valence-corrected chi connectivity index (χ1v) is 16.1. The third kappa shape index (κ3) is 9.55. The van der Waals surface area contributed by atoms with E-state index in [9.17, 15) is 49.2 Å². The number of carboxylic acid groups (broad SMARTS) is 3. The fourth-order valence-electron chi connectivity index (χ4n) is 5.82. The molecule has 0 aromatic heterocycles. The van der Waals surface area contributed by atoms with Gasteiger partial charge in [-0.3, -0.25) is 9.59 Å². The maximum atomic E-state index is 13.0. The van der Waals surface area contributed by atoms with Crippen LogP contribution in [0.4, 0.5) is 0 Å². The molecule has 0 radical (unpaired) electrons. The summed E-state index contributed by atoms with van der Waals surface area (Å²) in [6, 6.07) is 9.17. The lowest BCUT2D eigenvalue weighted by Gasteiger charge is -2.52. The summed E-state index contributed by atoms with van der Waals surface area (Å²) in [6.45, 7) is 11.1. The van der Waals surface area contributed by atoms with E-state index in [1.807, 2.05) is 51.1 Å². The second kappa shape index (κ2) is 17.4. The molecule has 1 saturated heterocycles. The predicted molar refractivity (Wildman–Crippen MR) is 175 cm³/mol. The molecule has 1 amide bonds. The number of carboxylic acids is 3. The summed E-state index contributed by atoms with van der Waals surface area (Å²) in [4.78, 5) is 75.6. The van der Waals surface area contributed by atoms with Gasteiger partial charge in [0.15, 0.2) is 0 Å². The molecule has 8 atom stereocenters. The second-order valence-electron chi connectivity index (χ2n) is 12.8. The van der Waals surface area contributed by atoms with Gasteiger partial charge in [0.25, 0.3) is 11.7 Å². The Morgan fingerprint density at radius 1 is 1.04 bits per heavy atom. The third-order valence-corrected chi connectivity index (χ3v) is 8.75. The van der Waals surface area contributed by atoms with Gasteiger partial charge in [0.05, 0.1) is 0 Å². The smallest absolute Gasteiger partial charge is 0.343 e. The lowest BCUT2D eigenvalue weighted by Crippen LogP contribution is -2.81. The Morgan fingerprint density at radius 2 is 1.66 bits per heavy atom. The molecule has 0 spiro atoms. The summed E-state index contributed by atoms with van der Waals surface area (Å²) >= 11 is 0. The molecule has 1 heterocycles. The fourth-order valence-corrected chi connectivity index (χ4v) is 5.82. The number of amides is 1. The molecule has 0 aliphatic carbocycles. The van der Waals surface area contributed by atoms with Gasteiger partial charge in [-0.1, -0.05) is 77.1 Å². The third-order valence-electron chi connectivity index (χ3n) is 8.75. The number of benzene rings is 1. The van der Waals surface area contributed by atoms with Crippen LogP contribution in [0.5, 0.6) is 0 Å². The molecular formula is C35H47NO14. The molecule has 2 rings (SSSR count). The van der Waals surface area contributed by atoms with Crippen LogP contribution in [0.1, 0.15) is 65.9 Å². The highest BCUT2D eigenvalue weighted by molar-refractivity contribution is 5.98. The van der Waals surface area contributed by atoms with Crippen molar-refractivity contribution in [2.24, 2.45) is 23.5 Å². The van der Waals surface area contributed by atoms with Crippen molar-refractivity contribution in [3.8, 4) is 0 Å². The summed E-state index contributed by atoms with van der Waals surface area (Å²) < 4.78 is 21.3. The zero-order valence-corrected chi connectivity index (χ0v) is 28.8. The van der Waals surface area contributed by atoms with E-state index in [4.69, 9.17) is 24.7 Å². The molecular weight excluding hydrogens is 658 g/mol. The molecule has 15 nitrogen and oxygen atoms in total. The van der Waals surface area contributed by atoms with Crippen molar-refractivity contribution in [1.29, 1.82) is 0 Å². The van der Waals surface area contributed by atoms with Gasteiger partial charge in [0.1, 0.15) is 12.7 Å². The topological polar surface area (TPSA) is 246 Å². The number of carbonyl (C=O) groups excluding carboxylic acids is 3. The number of aliphatic hydroxyl groups is 1. The van der Waals surface area contributed by atoms with Crippen LogP contribution in [0.3, 0.4) is 0 Å². The molecule has 1 aliphatic rings. The van der Waals surface area contributed by atoms with Gasteiger partial charge in [-0.25, -0.2) is 19.2 Å². The molecule has 276 valence electrons. The quantitative estimate of drug-likeness (QED) is 0.0789. The highest BCUT2D eigenvalue weighted by Crippen LogP contribution is 2.45. The van der Waals surface area contributed by atoms with Crippen LogP contribution in [0.25, 0.3) is 0 Å². The van der Waals surface area contributed by atoms with Crippen molar-refractivity contribution in [2.45, 2.75) is 95.9 Å². The Bertz CT molecular complexity index is 1460. The minimum absolute atomic E-state index is 0.112. The Labute approximate surface area is 290 Å². The number of nitrogens with two attached hydrogens (primary N) is 1. The standard InChI is InChI=1S/C35H47NO14/c1-7-20(2)17-21(3)13-14-26(38)47-19-33(31(42)43)35(46,32(44)45)28(29(39)40)49-34(50-33,30(36)41)16-15-22(4)27(48-24(6)37)23(5)18-25-11-9-8-10-12-25/h8-14,20-21,23,27-28,46H,4,7,15-19H2,1-3,5-6H3,(H2,36,41)(H,39,40)(H,42,43)(H,44,45)/b14-13+/t20-,21+,23+,27+,28+,33-,34-,35+/m0/s1. The van der Waals surface area contributed by atoms with Crippen molar-refractivity contribution in [1.82, 2.24) is 0 Å². The molecule has 6 N–H and O–H groups in total. The predicted octanol–water partition coefficient (Wildman–Crippen LogP) is 2.63. The van der Waals surface area contributed by atoms with Crippen LogP contribution < -0.4 is 5.73 Å². The van der Waals surface area contributed by atoms with E-state index in [2.05, 4.69) is 6.58 Å². The summed E-state index contributed by atoms with van der Waals surface area (Å²) in [7, 11) is 0. The van der Waals surface area contributed by atoms with Crippen LogP contribution in [0.2, 0.25) is 0 Å². The van der Waals surface area contributed by atoms with Crippen molar-refractivity contribution in [3.05, 3.63) is 60.2 Å². The van der Waals surface area contributed by atoms with Gasteiger partial charge < -0.3 is 45.1 Å². The molecule has 1 aromatic carbocycles. The van der Waals surface area contributed by atoms with Crippen LogP contribution in [0.15, 0.2) is 54.6 Å². The first-order valence-electron chi connectivity index (χ1n) is 16.1. The first kappa shape index (κ1) is 41.6. The fraction of sp³-hybridized carbons (Fsp3) is 0.543. The van der Waals surface area contributed by atoms with E-state index in [1.54, 1.807) is 6.92 Å². The zero-order valence-electron chi connectivity index (χ0n) is 28.8. The van der Waals surface area contributed by atoms with Gasteiger partial charge in [0, 0.05) is 25.3 Å². The zero-order chi connectivity index (χ0) is 38.0. The lowest BCUT2D eigenvalue weighted by molar-refractivity contribution is -0.379. The Hall–Kier alpha value is -4.60. The van der Waals surface area contributed by atoms with Gasteiger partial charge in [-0.15, -0.1) is 0 Å². The van der Waals surface area contributed by atoms with Crippen LogP contribution in [0, 0.1) is 17.8 Å². The molecule has 1 aliphatic heterocycles. The normalized spacial score (nSPS) is 25.8. The number of allylic oxidation sites excluding steroid dienone is 1. The molecule has 0 unspecified atom stereocenters. The van der Waals surface area contributed by atoms with Gasteiger partial charge in [-0.05, 0) is 42.2 Å². The number of esters is 2. The van der Waals surface area contributed by atoms with E-state index in [1.165, 1.54) is 13.0 Å². The second-order valence-corrected chi connectivity index (χ2v) is 12.8. The molecule has 0 saturated carbocycles. The van der Waals surface area contributed by atoms with E-state index < -0.39 is 83.9 Å². The number of hydrogen-bond acceptors (Lipinski definition) is 11. The summed E-state index contributed by atoms with van der Waals surface area (Å²) in [5.41, 5.74) is -0.965. The maximum Gasteiger partial charge on any atom is 0.343 e. The number of aliphatic carboxylic acids is 3. The maximum absolute atomic E-state index is 13.0. The minimum atomic E-state index is -3.97. The lowest BCUT2D eigenvalue weighted by atomic mass is 9.76. The van der Waals surface area contributed by atoms with E-state index in [0.29, 0.717) is 18.8 Å². The highest BCUT2D eigenvalue weighted by atomic mass is 16.8. The van der Waals surface area contributed by atoms with Crippen molar-refractivity contribution >= 4 is 35.8 Å². The van der Waals surface area contributed by atoms with Crippen LogP contribution in [-0.4, -0.2) is 92.0 Å². The summed E-state index contributed by atoms with van der Waals surface area (Å²) in [6.07, 6.45) is -0.680. The Morgan fingerprint density at radius 3 is 2.16 bits per heavy atom. The average molecular weight is 706 g/mol. The van der Waals surface area contributed by atoms with E-state index >= 15 is 0 Å². The highest BCUT2D eigenvalue weighted by Gasteiger charge is 2.77. The summed E-state index contributed by atoms with van der Waals surface area (Å²) in [5.74, 6) is -13.6. The van der Waals surface area contributed by atoms with Gasteiger partial charge in [0.2, 0.25) is 17.3 Å². The van der Waals surface area contributed by atoms with E-state index in [-0.39, 0.29) is 17.9 Å². The molecule has 1 aromatic rings. The summed E-state index contributed by atoms with van der Waals surface area (Å²) in [5, 5.41) is 41.8. The number of ether oxygens (including phenoxy) is 4. The molecule has 1 fully saturated rings. The number of primary amides is 1. The van der Waals surface area contributed by atoms with Crippen molar-refractivity contribution < 1.29 is 68.1 Å². The van der Waals surface area contributed by atoms with E-state index in [0.717, 1.165) is 18.1 Å². The minimum Gasteiger partial charge on any atom is -0.479 e. The molecule has 15 heteroatoms. The van der Waals surface area contributed by atoms with Crippen molar-refractivity contribution in [3.63, 3.8) is 0 Å². The number of rotatable bonds is 19. The van der Waals surface area contributed by atoms with Crippen LogP contribution >= 0.6 is 0 Å². The number of carbonyl (C=O) groups is 6. The Kier molecular flexibility index (Phi) is 14.4. The largest absolute Gasteiger partial charge is 0.479 e. The van der Waals surface area contributed by atoms with Gasteiger partial charge >= 0.3 is 29.8 Å². The van der Waals surface area contributed by atoms with Gasteiger partial charge in [-0.2, -0.15) is 0 Å².